The average molecular weight is 531 g/mol. The van der Waals surface area contributed by atoms with Crippen molar-refractivity contribution >= 4 is 28.1 Å². The van der Waals surface area contributed by atoms with Crippen LogP contribution in [0.15, 0.2) is 119 Å². The largest absolute Gasteiger partial charge is 0.489 e. The van der Waals surface area contributed by atoms with Crippen LogP contribution < -0.4 is 19.6 Å². The number of carbonyl (C=O) groups excluding carboxylic acids is 1. The Kier molecular flexibility index (Phi) is 8.51. The summed E-state index contributed by atoms with van der Waals surface area (Å²) in [4.78, 5) is 12.8. The number of carbonyl (C=O) groups is 1. The molecule has 0 spiro atoms. The first-order valence-corrected chi connectivity index (χ1v) is 11.7. The molecule has 0 unspecified atom stereocenters. The topological polar surface area (TPSA) is 69.2 Å². The molecule has 0 heterocycles. The zero-order valence-corrected chi connectivity index (χ0v) is 20.3. The van der Waals surface area contributed by atoms with E-state index >= 15 is 0 Å². The Balaban J connectivity index is 1.38. The molecular weight excluding hydrogens is 508 g/mol. The van der Waals surface area contributed by atoms with E-state index in [1.54, 1.807) is 24.3 Å². The second-order valence-corrected chi connectivity index (χ2v) is 8.33. The van der Waals surface area contributed by atoms with E-state index in [-0.39, 0.29) is 0 Å². The SMILES string of the molecule is O=C(N/N=C/c1cccc(OCc2cccc(Br)c2)c1)C(Oc1ccccc1)Oc1ccccc1. The molecule has 0 aliphatic heterocycles. The normalized spacial score (nSPS) is 10.8. The van der Waals surface area contributed by atoms with Gasteiger partial charge in [0.15, 0.2) is 0 Å². The molecule has 0 aliphatic rings. The van der Waals surface area contributed by atoms with Gasteiger partial charge < -0.3 is 14.2 Å². The van der Waals surface area contributed by atoms with Crippen LogP contribution in [0.2, 0.25) is 0 Å². The molecule has 0 saturated heterocycles. The Hall–Kier alpha value is -4.10. The molecule has 4 aromatic carbocycles. The van der Waals surface area contributed by atoms with E-state index in [1.807, 2.05) is 84.9 Å². The molecule has 1 amide bonds. The number of hydrazone groups is 1. The monoisotopic (exact) mass is 530 g/mol. The highest BCUT2D eigenvalue weighted by Gasteiger charge is 2.22. The van der Waals surface area contributed by atoms with Gasteiger partial charge in [-0.2, -0.15) is 5.10 Å². The van der Waals surface area contributed by atoms with E-state index in [0.29, 0.717) is 23.9 Å². The third-order valence-electron chi connectivity index (χ3n) is 4.73. The Bertz CT molecular complexity index is 1220. The van der Waals surface area contributed by atoms with Crippen molar-refractivity contribution in [2.45, 2.75) is 12.9 Å². The van der Waals surface area contributed by atoms with Crippen LogP contribution in [0.1, 0.15) is 11.1 Å². The predicted octanol–water partition coefficient (Wildman–Crippen LogP) is 5.96. The van der Waals surface area contributed by atoms with Crippen molar-refractivity contribution in [2.75, 3.05) is 0 Å². The third-order valence-corrected chi connectivity index (χ3v) is 5.22. The molecule has 1 N–H and O–H groups in total. The highest BCUT2D eigenvalue weighted by Crippen LogP contribution is 2.18. The first-order valence-electron chi connectivity index (χ1n) is 10.9. The lowest BCUT2D eigenvalue weighted by Crippen LogP contribution is -2.40. The molecule has 0 bridgehead atoms. The summed E-state index contributed by atoms with van der Waals surface area (Å²) in [5, 5.41) is 4.07. The zero-order chi connectivity index (χ0) is 24.3. The van der Waals surface area contributed by atoms with E-state index in [4.69, 9.17) is 14.2 Å². The van der Waals surface area contributed by atoms with Gasteiger partial charge in [0.1, 0.15) is 23.9 Å². The lowest BCUT2D eigenvalue weighted by atomic mass is 10.2. The van der Waals surface area contributed by atoms with Gasteiger partial charge in [0.05, 0.1) is 6.21 Å². The number of nitrogens with one attached hydrogen (secondary N) is 1. The van der Waals surface area contributed by atoms with Crippen molar-refractivity contribution in [3.63, 3.8) is 0 Å². The fourth-order valence-electron chi connectivity index (χ4n) is 3.08. The van der Waals surface area contributed by atoms with Gasteiger partial charge in [0.2, 0.25) is 0 Å². The molecule has 7 heteroatoms. The van der Waals surface area contributed by atoms with Crippen molar-refractivity contribution in [3.8, 4) is 17.2 Å². The van der Waals surface area contributed by atoms with Crippen LogP contribution >= 0.6 is 15.9 Å². The Morgan fingerprint density at radius 2 is 1.43 bits per heavy atom. The lowest BCUT2D eigenvalue weighted by Gasteiger charge is -2.18. The summed E-state index contributed by atoms with van der Waals surface area (Å²) in [6, 6.07) is 33.3. The molecule has 176 valence electrons. The first-order chi connectivity index (χ1) is 17.2. The number of halogens is 1. The standard InChI is InChI=1S/C28H23BrN2O4/c29-23-11-7-10-22(17-23)20-33-26-16-8-9-21(18-26)19-30-31-27(32)28(34-24-12-3-1-4-13-24)35-25-14-5-2-6-15-25/h1-19,28H,20H2,(H,31,32)/b30-19+. The van der Waals surface area contributed by atoms with E-state index in [0.717, 1.165) is 15.6 Å². The molecular formula is C28H23BrN2O4. The van der Waals surface area contributed by atoms with Gasteiger partial charge in [0.25, 0.3) is 0 Å². The Morgan fingerprint density at radius 3 is 2.09 bits per heavy atom. The lowest BCUT2D eigenvalue weighted by molar-refractivity contribution is -0.140. The van der Waals surface area contributed by atoms with Gasteiger partial charge in [0, 0.05) is 4.47 Å². The highest BCUT2D eigenvalue weighted by molar-refractivity contribution is 9.10. The second-order valence-electron chi connectivity index (χ2n) is 7.42. The summed E-state index contributed by atoms with van der Waals surface area (Å²) in [5.41, 5.74) is 4.30. The van der Waals surface area contributed by atoms with Gasteiger partial charge in [-0.3, -0.25) is 4.79 Å². The number of hydrogen-bond donors (Lipinski definition) is 1. The number of para-hydroxylation sites is 2. The van der Waals surface area contributed by atoms with Crippen LogP contribution in [0.25, 0.3) is 0 Å². The number of ether oxygens (including phenoxy) is 3. The maximum atomic E-state index is 12.8. The minimum Gasteiger partial charge on any atom is -0.489 e. The fourth-order valence-corrected chi connectivity index (χ4v) is 3.52. The number of nitrogens with zero attached hydrogens (tertiary/aromatic N) is 1. The summed E-state index contributed by atoms with van der Waals surface area (Å²) in [6.07, 6.45) is 0.309. The summed E-state index contributed by atoms with van der Waals surface area (Å²) < 4.78 is 18.4. The molecule has 6 nitrogen and oxygen atoms in total. The third kappa shape index (κ3) is 7.72. The summed E-state index contributed by atoms with van der Waals surface area (Å²) in [7, 11) is 0. The Labute approximate surface area is 212 Å². The quantitative estimate of drug-likeness (QED) is 0.156. The van der Waals surface area contributed by atoms with E-state index in [2.05, 4.69) is 26.5 Å². The predicted molar refractivity (Wildman–Crippen MR) is 139 cm³/mol. The van der Waals surface area contributed by atoms with Crippen LogP contribution in [0.4, 0.5) is 0 Å². The number of hydrogen-bond acceptors (Lipinski definition) is 5. The summed E-state index contributed by atoms with van der Waals surface area (Å²) in [6.45, 7) is 0.437. The number of benzene rings is 4. The molecule has 4 rings (SSSR count). The van der Waals surface area contributed by atoms with Crippen LogP contribution in [0, 0.1) is 0 Å². The van der Waals surface area contributed by atoms with Crippen molar-refractivity contribution < 1.29 is 19.0 Å². The molecule has 0 aromatic heterocycles. The minimum absolute atomic E-state index is 0.437. The van der Waals surface area contributed by atoms with E-state index in [1.165, 1.54) is 6.21 Å². The number of amides is 1. The maximum absolute atomic E-state index is 12.8. The minimum atomic E-state index is -1.23. The smallest absolute Gasteiger partial charge is 0.323 e. The van der Waals surface area contributed by atoms with Crippen molar-refractivity contribution in [1.29, 1.82) is 0 Å². The summed E-state index contributed by atoms with van der Waals surface area (Å²) in [5.74, 6) is 1.15. The average Bonchev–Trinajstić information content (AvgIpc) is 2.89. The number of rotatable bonds is 10. The van der Waals surface area contributed by atoms with Crippen molar-refractivity contribution in [2.24, 2.45) is 5.10 Å². The highest BCUT2D eigenvalue weighted by atomic mass is 79.9. The van der Waals surface area contributed by atoms with Crippen molar-refractivity contribution in [3.05, 3.63) is 125 Å². The summed E-state index contributed by atoms with van der Waals surface area (Å²) >= 11 is 3.46. The fraction of sp³-hybridized carbons (Fsp3) is 0.0714. The van der Waals surface area contributed by atoms with E-state index < -0.39 is 12.2 Å². The van der Waals surface area contributed by atoms with Crippen LogP contribution in [0.5, 0.6) is 17.2 Å². The van der Waals surface area contributed by atoms with Crippen LogP contribution in [-0.4, -0.2) is 18.4 Å². The molecule has 4 aromatic rings. The van der Waals surface area contributed by atoms with Gasteiger partial charge in [-0.1, -0.05) is 76.6 Å². The molecule has 0 saturated carbocycles. The molecule has 0 fully saturated rings. The van der Waals surface area contributed by atoms with Crippen LogP contribution in [-0.2, 0) is 11.4 Å². The van der Waals surface area contributed by atoms with Gasteiger partial charge in [-0.15, -0.1) is 0 Å². The van der Waals surface area contributed by atoms with Gasteiger partial charge >= 0.3 is 12.2 Å². The molecule has 35 heavy (non-hydrogen) atoms. The second kappa shape index (κ2) is 12.4. The van der Waals surface area contributed by atoms with Gasteiger partial charge in [-0.05, 0) is 59.7 Å². The zero-order valence-electron chi connectivity index (χ0n) is 18.7. The molecule has 0 atom stereocenters. The Morgan fingerprint density at radius 1 is 0.800 bits per heavy atom. The van der Waals surface area contributed by atoms with Gasteiger partial charge in [-0.25, -0.2) is 5.43 Å². The first kappa shape index (κ1) is 24.0. The molecule has 0 aliphatic carbocycles. The molecule has 0 radical (unpaired) electrons. The van der Waals surface area contributed by atoms with Crippen molar-refractivity contribution in [1.82, 2.24) is 5.43 Å². The van der Waals surface area contributed by atoms with E-state index in [9.17, 15) is 4.79 Å². The van der Waals surface area contributed by atoms with Crippen LogP contribution in [0.3, 0.4) is 0 Å². The maximum Gasteiger partial charge on any atom is 0.323 e.